The third-order valence-electron chi connectivity index (χ3n) is 7.93. The molecule has 4 nitrogen and oxygen atoms in total. The number of carbonyl (C=O) groups excluding carboxylic acids is 1. The molecule has 0 amide bonds. The summed E-state index contributed by atoms with van der Waals surface area (Å²) in [5.74, 6) is 0.202. The summed E-state index contributed by atoms with van der Waals surface area (Å²) >= 11 is 0. The molecule has 0 bridgehead atoms. The van der Waals surface area contributed by atoms with Crippen molar-refractivity contribution in [1.29, 1.82) is 0 Å². The van der Waals surface area contributed by atoms with Crippen LogP contribution in [0.15, 0.2) is 54.3 Å². The zero-order chi connectivity index (χ0) is 24.3. The Morgan fingerprint density at radius 2 is 1.41 bits per heavy atom. The number of fused-ring (bicyclic) bond motifs is 1. The van der Waals surface area contributed by atoms with Crippen molar-refractivity contribution >= 4 is 11.4 Å². The van der Waals surface area contributed by atoms with Crippen molar-refractivity contribution < 1.29 is 19.4 Å². The van der Waals surface area contributed by atoms with Crippen LogP contribution in [0.1, 0.15) is 73.9 Å². The average molecular weight is 459 g/mol. The number of hydrogen-bond acceptors (Lipinski definition) is 4. The van der Waals surface area contributed by atoms with Crippen molar-refractivity contribution in [3.05, 3.63) is 87.7 Å². The van der Waals surface area contributed by atoms with Gasteiger partial charge in [0.15, 0.2) is 5.78 Å². The molecule has 0 atom stereocenters. The number of allylic oxidation sites excluding steroid dienone is 4. The van der Waals surface area contributed by atoms with Crippen LogP contribution in [-0.4, -0.2) is 30.9 Å². The largest absolute Gasteiger partial charge is 0.512 e. The van der Waals surface area contributed by atoms with Crippen LogP contribution in [0.3, 0.4) is 0 Å². The van der Waals surface area contributed by atoms with E-state index in [0.717, 1.165) is 11.1 Å². The van der Waals surface area contributed by atoms with Crippen LogP contribution in [0.2, 0.25) is 0 Å². The van der Waals surface area contributed by atoms with Gasteiger partial charge in [0, 0.05) is 23.7 Å². The fourth-order valence-electron chi connectivity index (χ4n) is 5.82. The van der Waals surface area contributed by atoms with E-state index in [1.54, 1.807) is 0 Å². The summed E-state index contributed by atoms with van der Waals surface area (Å²) in [7, 11) is 0. The quantitative estimate of drug-likeness (QED) is 0.570. The second-order valence-electron chi connectivity index (χ2n) is 11.2. The Hall–Kier alpha value is -2.69. The average Bonchev–Trinajstić information content (AvgIpc) is 3.15. The molecule has 0 saturated carbocycles. The lowest BCUT2D eigenvalue weighted by Gasteiger charge is -2.42. The summed E-state index contributed by atoms with van der Waals surface area (Å²) < 4.78 is 11.8. The lowest BCUT2D eigenvalue weighted by molar-refractivity contribution is -0.128. The fraction of sp³-hybridized carbons (Fsp3) is 0.433. The van der Waals surface area contributed by atoms with Gasteiger partial charge in [-0.3, -0.25) is 4.79 Å². The lowest BCUT2D eigenvalue weighted by Crippen LogP contribution is -2.43. The number of carbonyl (C=O) groups is 1. The highest BCUT2D eigenvalue weighted by Crippen LogP contribution is 2.46. The van der Waals surface area contributed by atoms with Crippen molar-refractivity contribution in [2.45, 2.75) is 63.7 Å². The van der Waals surface area contributed by atoms with Gasteiger partial charge in [-0.15, -0.1) is 0 Å². The van der Waals surface area contributed by atoms with E-state index in [1.165, 1.54) is 22.3 Å². The predicted molar refractivity (Wildman–Crippen MR) is 134 cm³/mol. The molecule has 3 aliphatic rings. The van der Waals surface area contributed by atoms with E-state index in [1.807, 2.05) is 12.1 Å². The zero-order valence-electron chi connectivity index (χ0n) is 20.8. The smallest absolute Gasteiger partial charge is 0.167 e. The number of Topliss-reactive ketones (excluding diaryl/α,β-unsaturated/α-hetero) is 1. The molecule has 2 aliphatic carbocycles. The lowest BCUT2D eigenvalue weighted by atomic mass is 9.64. The van der Waals surface area contributed by atoms with Gasteiger partial charge in [0.2, 0.25) is 0 Å². The van der Waals surface area contributed by atoms with E-state index in [9.17, 15) is 9.90 Å². The molecule has 0 aromatic heterocycles. The fourth-order valence-corrected chi connectivity index (χ4v) is 5.82. The van der Waals surface area contributed by atoms with E-state index in [2.05, 4.69) is 71.0 Å². The maximum absolute atomic E-state index is 12.3. The number of benzene rings is 2. The first-order valence-electron chi connectivity index (χ1n) is 12.1. The van der Waals surface area contributed by atoms with Crippen LogP contribution >= 0.6 is 0 Å². The van der Waals surface area contributed by atoms with Crippen molar-refractivity contribution in [3.8, 4) is 0 Å². The van der Waals surface area contributed by atoms with Gasteiger partial charge >= 0.3 is 0 Å². The molecule has 2 aromatic rings. The highest BCUT2D eigenvalue weighted by atomic mass is 16.7. The molecule has 34 heavy (non-hydrogen) atoms. The summed E-state index contributed by atoms with van der Waals surface area (Å²) in [6.07, 6.45) is 5.45. The van der Waals surface area contributed by atoms with Gasteiger partial charge in [-0.2, -0.15) is 0 Å². The first-order valence-corrected chi connectivity index (χ1v) is 12.1. The Labute approximate surface area is 202 Å². The number of aliphatic hydroxyl groups excluding tert-OH is 1. The molecule has 0 spiro atoms. The summed E-state index contributed by atoms with van der Waals surface area (Å²) in [6.45, 7) is 12.6. The number of rotatable bonds is 3. The summed E-state index contributed by atoms with van der Waals surface area (Å²) in [4.78, 5) is 12.3. The molecule has 1 aliphatic heterocycles. The molecule has 178 valence electrons. The van der Waals surface area contributed by atoms with Crippen molar-refractivity contribution in [3.63, 3.8) is 0 Å². The third kappa shape index (κ3) is 3.55. The number of aliphatic hydroxyl groups is 1. The number of ether oxygens (including phenoxy) is 2. The Balaban J connectivity index is 1.65. The summed E-state index contributed by atoms with van der Waals surface area (Å²) in [6, 6.07) is 12.7. The van der Waals surface area contributed by atoms with Gasteiger partial charge < -0.3 is 14.6 Å². The van der Waals surface area contributed by atoms with Crippen LogP contribution < -0.4 is 0 Å². The van der Waals surface area contributed by atoms with Crippen LogP contribution in [-0.2, 0) is 30.5 Å². The van der Waals surface area contributed by atoms with Crippen LogP contribution in [0.25, 0.3) is 5.57 Å². The topological polar surface area (TPSA) is 55.8 Å². The van der Waals surface area contributed by atoms with Gasteiger partial charge in [-0.05, 0) is 40.3 Å². The van der Waals surface area contributed by atoms with E-state index in [0.29, 0.717) is 38.4 Å². The SMILES string of the molecule is Cc1cc2c(cc1C1(c3ccc(C4=C(O)CCC4=O)cc3)COCOC1)C(C)(C)C=CC2(C)C. The van der Waals surface area contributed by atoms with Gasteiger partial charge in [0.25, 0.3) is 0 Å². The molecule has 0 unspecified atom stereocenters. The van der Waals surface area contributed by atoms with E-state index < -0.39 is 5.41 Å². The molecule has 4 heteroatoms. The zero-order valence-corrected chi connectivity index (χ0v) is 20.8. The summed E-state index contributed by atoms with van der Waals surface area (Å²) in [5.41, 5.74) is 6.93. The van der Waals surface area contributed by atoms with Gasteiger partial charge in [0.05, 0.1) is 24.2 Å². The van der Waals surface area contributed by atoms with E-state index >= 15 is 0 Å². The van der Waals surface area contributed by atoms with Gasteiger partial charge in [0.1, 0.15) is 12.6 Å². The number of ketones is 1. The van der Waals surface area contributed by atoms with Crippen LogP contribution in [0, 0.1) is 6.92 Å². The first kappa shape index (κ1) is 23.1. The standard InChI is InChI=1S/C30H34O4/c1-19-14-23-24(29(4,5)13-12-28(23,2)3)15-22(19)30(16-33-18-34-17-30)21-8-6-20(7-9-21)27-25(31)10-11-26(27)32/h6-9,12-15,31H,10-11,16-18H2,1-5H3. The van der Waals surface area contributed by atoms with E-state index in [4.69, 9.17) is 9.47 Å². The number of hydrogen-bond donors (Lipinski definition) is 1. The second-order valence-corrected chi connectivity index (χ2v) is 11.2. The molecule has 1 heterocycles. The maximum Gasteiger partial charge on any atom is 0.167 e. The first-order chi connectivity index (χ1) is 16.1. The van der Waals surface area contributed by atoms with Crippen LogP contribution in [0.5, 0.6) is 0 Å². The Bertz CT molecular complexity index is 1210. The molecule has 2 aromatic carbocycles. The molecule has 1 N–H and O–H groups in total. The molecular formula is C30H34O4. The number of aryl methyl sites for hydroxylation is 1. The predicted octanol–water partition coefficient (Wildman–Crippen LogP) is 6.04. The molecule has 5 rings (SSSR count). The highest BCUT2D eigenvalue weighted by Gasteiger charge is 2.42. The highest BCUT2D eigenvalue weighted by molar-refractivity contribution is 6.23. The van der Waals surface area contributed by atoms with Crippen molar-refractivity contribution in [2.24, 2.45) is 0 Å². The molecule has 1 fully saturated rings. The van der Waals surface area contributed by atoms with Gasteiger partial charge in [-0.1, -0.05) is 76.2 Å². The molecule has 1 saturated heterocycles. The Morgan fingerprint density at radius 1 is 0.824 bits per heavy atom. The van der Waals surface area contributed by atoms with Crippen molar-refractivity contribution in [1.82, 2.24) is 0 Å². The normalized spacial score (nSPS) is 22.7. The van der Waals surface area contributed by atoms with Crippen molar-refractivity contribution in [2.75, 3.05) is 20.0 Å². The maximum atomic E-state index is 12.3. The molecule has 0 radical (unpaired) electrons. The minimum absolute atomic E-state index is 0.00716. The summed E-state index contributed by atoms with van der Waals surface area (Å²) in [5, 5.41) is 10.2. The minimum Gasteiger partial charge on any atom is -0.512 e. The van der Waals surface area contributed by atoms with E-state index in [-0.39, 0.29) is 22.4 Å². The van der Waals surface area contributed by atoms with Gasteiger partial charge in [-0.25, -0.2) is 0 Å². The Kier molecular flexibility index (Phi) is 5.38. The monoisotopic (exact) mass is 458 g/mol. The minimum atomic E-state index is -0.451. The second kappa shape index (κ2) is 7.93. The Morgan fingerprint density at radius 3 is 1.97 bits per heavy atom. The third-order valence-corrected chi connectivity index (χ3v) is 7.93. The van der Waals surface area contributed by atoms with Crippen LogP contribution in [0.4, 0.5) is 0 Å². The molecular weight excluding hydrogens is 424 g/mol.